The van der Waals surface area contributed by atoms with E-state index in [1.165, 1.54) is 25.7 Å². The average molecular weight is 322 g/mol. The van der Waals surface area contributed by atoms with Gasteiger partial charge >= 0.3 is 99.5 Å². The van der Waals surface area contributed by atoms with Crippen molar-refractivity contribution in [1.29, 1.82) is 0 Å². The molecule has 14 heavy (non-hydrogen) atoms. The second kappa shape index (κ2) is 5.61. The zero-order chi connectivity index (χ0) is 10.7. The normalized spacial score (nSPS) is 18.6. The van der Waals surface area contributed by atoms with Gasteiger partial charge in [-0.1, -0.05) is 0 Å². The molecule has 0 N–H and O–H groups in total. The molecule has 0 radical (unpaired) electrons. The third-order valence-electron chi connectivity index (χ3n) is 2.91. The van der Waals surface area contributed by atoms with Gasteiger partial charge in [0.05, 0.1) is 0 Å². The zero-order valence-corrected chi connectivity index (χ0v) is 13.0. The molecule has 0 spiro atoms. The standard InChI is InChI=1S/C12H20.ClH.Sb/c1-5-9-11(7-3)12(8-4)10-6-2;;/h5-8H2,1-4H3;1H;/q;;+1/p-1. The van der Waals surface area contributed by atoms with Gasteiger partial charge in [-0.2, -0.15) is 0 Å². The number of hydrogen-bond acceptors (Lipinski definition) is 0. The molecule has 0 aromatic heterocycles. The fourth-order valence-corrected chi connectivity index (χ4v) is 10.8. The average Bonchev–Trinajstić information content (AvgIpc) is 2.48. The van der Waals surface area contributed by atoms with Crippen molar-refractivity contribution in [1.82, 2.24) is 0 Å². The van der Waals surface area contributed by atoms with Crippen LogP contribution in [-0.2, 0) is 0 Å². The Kier molecular flexibility index (Phi) is 5.07. The number of halogens is 1. The van der Waals surface area contributed by atoms with Crippen molar-refractivity contribution in [3.05, 3.63) is 18.2 Å². The Balaban J connectivity index is 3.13. The second-order valence-electron chi connectivity index (χ2n) is 3.55. The van der Waals surface area contributed by atoms with Crippen LogP contribution in [0.1, 0.15) is 53.4 Å². The molecule has 0 nitrogen and oxygen atoms in total. The Bertz CT molecular complexity index is 248. The van der Waals surface area contributed by atoms with Gasteiger partial charge in [0.25, 0.3) is 0 Å². The number of allylic oxidation sites excluding steroid dienone is 4. The Morgan fingerprint density at radius 3 is 1.36 bits per heavy atom. The molecular weight excluding hydrogens is 301 g/mol. The van der Waals surface area contributed by atoms with Gasteiger partial charge in [0.15, 0.2) is 0 Å². The van der Waals surface area contributed by atoms with E-state index in [4.69, 9.17) is 8.83 Å². The Hall–Kier alpha value is 0.588. The molecule has 0 saturated heterocycles. The molecule has 80 valence electrons. The minimum absolute atomic E-state index is 1.18. The van der Waals surface area contributed by atoms with Crippen molar-refractivity contribution >= 4 is 27.9 Å². The van der Waals surface area contributed by atoms with Crippen molar-refractivity contribution in [3.63, 3.8) is 0 Å². The maximum atomic E-state index is 6.66. The topological polar surface area (TPSA) is 0 Å². The second-order valence-corrected chi connectivity index (χ2v) is 10.5. The van der Waals surface area contributed by atoms with Crippen molar-refractivity contribution in [2.45, 2.75) is 53.4 Å². The summed E-state index contributed by atoms with van der Waals surface area (Å²) < 4.78 is 3.32. The van der Waals surface area contributed by atoms with Crippen LogP contribution in [0.3, 0.4) is 0 Å². The molecule has 0 aromatic rings. The van der Waals surface area contributed by atoms with Crippen LogP contribution in [0.25, 0.3) is 0 Å². The predicted molar refractivity (Wildman–Crippen MR) is 66.8 cm³/mol. The Morgan fingerprint density at radius 2 is 1.14 bits per heavy atom. The van der Waals surface area contributed by atoms with Crippen molar-refractivity contribution < 1.29 is 0 Å². The van der Waals surface area contributed by atoms with Crippen LogP contribution < -0.4 is 0 Å². The van der Waals surface area contributed by atoms with Crippen LogP contribution in [0.2, 0.25) is 0 Å². The van der Waals surface area contributed by atoms with Crippen LogP contribution in [-0.4, -0.2) is 19.1 Å². The van der Waals surface area contributed by atoms with Crippen LogP contribution in [0.5, 0.6) is 0 Å². The molecule has 0 saturated carbocycles. The van der Waals surface area contributed by atoms with Crippen molar-refractivity contribution in [2.75, 3.05) is 0 Å². The van der Waals surface area contributed by atoms with E-state index in [9.17, 15) is 0 Å². The molecule has 0 aromatic carbocycles. The van der Waals surface area contributed by atoms with Gasteiger partial charge in [-0.3, -0.25) is 0 Å². The molecule has 1 aliphatic heterocycles. The Morgan fingerprint density at radius 1 is 0.786 bits per heavy atom. The first kappa shape index (κ1) is 12.7. The van der Waals surface area contributed by atoms with Gasteiger partial charge in [-0.05, 0) is 0 Å². The number of rotatable bonds is 4. The summed E-state index contributed by atoms with van der Waals surface area (Å²) in [5.74, 6) is 0. The van der Waals surface area contributed by atoms with Gasteiger partial charge in [0.2, 0.25) is 0 Å². The van der Waals surface area contributed by atoms with Crippen LogP contribution >= 0.6 is 8.83 Å². The van der Waals surface area contributed by atoms with Crippen LogP contribution in [0.15, 0.2) is 18.2 Å². The van der Waals surface area contributed by atoms with E-state index in [0.29, 0.717) is 0 Å². The maximum absolute atomic E-state index is 6.66. The van der Waals surface area contributed by atoms with E-state index in [2.05, 4.69) is 27.7 Å². The summed E-state index contributed by atoms with van der Waals surface area (Å²) in [6.45, 7) is 9.06. The first-order valence-corrected chi connectivity index (χ1v) is 11.4. The summed E-state index contributed by atoms with van der Waals surface area (Å²) in [5.41, 5.74) is 3.26. The monoisotopic (exact) mass is 320 g/mol. The molecule has 2 heteroatoms. The van der Waals surface area contributed by atoms with Gasteiger partial charge < -0.3 is 0 Å². The van der Waals surface area contributed by atoms with Gasteiger partial charge in [0.1, 0.15) is 0 Å². The van der Waals surface area contributed by atoms with E-state index in [1.807, 2.05) is 0 Å². The van der Waals surface area contributed by atoms with Crippen LogP contribution in [0, 0.1) is 0 Å². The van der Waals surface area contributed by atoms with E-state index in [-0.39, 0.29) is 0 Å². The summed E-state index contributed by atoms with van der Waals surface area (Å²) in [4.78, 5) is 0. The third kappa shape index (κ3) is 2.07. The van der Waals surface area contributed by atoms with Crippen molar-refractivity contribution in [2.24, 2.45) is 0 Å². The fraction of sp³-hybridized carbons (Fsp3) is 0.667. The quantitative estimate of drug-likeness (QED) is 0.667. The molecule has 1 heterocycles. The molecule has 0 amide bonds. The molecule has 1 aliphatic rings. The first-order valence-electron chi connectivity index (χ1n) is 5.61. The third-order valence-corrected chi connectivity index (χ3v) is 11.7. The summed E-state index contributed by atoms with van der Waals surface area (Å²) >= 11 is -1.65. The molecule has 0 fully saturated rings. The molecule has 0 unspecified atom stereocenters. The summed E-state index contributed by atoms with van der Waals surface area (Å²) in [5, 5.41) is 0. The number of hydrogen-bond donors (Lipinski definition) is 0. The molecule has 0 aliphatic carbocycles. The SMILES string of the molecule is CCC1=[C](CC)[Sb]([Cl])[C](CC)=C1CC. The van der Waals surface area contributed by atoms with E-state index in [1.54, 1.807) is 18.2 Å². The molecular formula is C12H20ClSb. The molecule has 0 atom stereocenters. The summed E-state index contributed by atoms with van der Waals surface area (Å²) in [6.07, 6.45) is 4.73. The molecule has 0 bridgehead atoms. The van der Waals surface area contributed by atoms with Gasteiger partial charge in [-0.15, -0.1) is 0 Å². The first-order chi connectivity index (χ1) is 6.71. The van der Waals surface area contributed by atoms with E-state index < -0.39 is 19.1 Å². The summed E-state index contributed by atoms with van der Waals surface area (Å²) in [7, 11) is 6.66. The van der Waals surface area contributed by atoms with Crippen molar-refractivity contribution in [3.8, 4) is 0 Å². The molecule has 1 rings (SSSR count). The van der Waals surface area contributed by atoms with Gasteiger partial charge in [-0.25, -0.2) is 0 Å². The Labute approximate surface area is 99.0 Å². The summed E-state index contributed by atoms with van der Waals surface area (Å²) in [6, 6.07) is 0. The van der Waals surface area contributed by atoms with Gasteiger partial charge in [0, 0.05) is 0 Å². The van der Waals surface area contributed by atoms with Crippen LogP contribution in [0.4, 0.5) is 0 Å². The van der Waals surface area contributed by atoms with E-state index >= 15 is 0 Å². The fourth-order valence-electron chi connectivity index (χ4n) is 2.29. The predicted octanol–water partition coefficient (Wildman–Crippen LogP) is 4.54. The van der Waals surface area contributed by atoms with E-state index in [0.717, 1.165) is 0 Å². The minimum atomic E-state index is -1.65. The zero-order valence-electron chi connectivity index (χ0n) is 9.65.